The Kier molecular flexibility index (Phi) is 6.08. The highest BCUT2D eigenvalue weighted by Gasteiger charge is 2.54. The monoisotopic (exact) mass is 472 g/mol. The summed E-state index contributed by atoms with van der Waals surface area (Å²) in [6, 6.07) is 6.51. The smallest absolute Gasteiger partial charge is 0.225 e. The zero-order chi connectivity index (χ0) is 23.3. The summed E-state index contributed by atoms with van der Waals surface area (Å²) in [4.78, 5) is 21.3. The lowest BCUT2D eigenvalue weighted by Gasteiger charge is -2.53. The Morgan fingerprint density at radius 1 is 1.30 bits per heavy atom. The first-order valence-electron chi connectivity index (χ1n) is 12.1. The molecule has 1 saturated heterocycles. The molecule has 1 saturated carbocycles. The number of nitrogens with zero attached hydrogens (tertiary/aromatic N) is 2. The Balaban J connectivity index is 1.40. The van der Waals surface area contributed by atoms with E-state index in [4.69, 9.17) is 9.72 Å². The maximum atomic E-state index is 13.4. The summed E-state index contributed by atoms with van der Waals surface area (Å²) in [5, 5.41) is 12.5. The third-order valence-corrected chi connectivity index (χ3v) is 9.49. The summed E-state index contributed by atoms with van der Waals surface area (Å²) >= 11 is 1.70. The van der Waals surface area contributed by atoms with Gasteiger partial charge in [0.1, 0.15) is 10.8 Å². The molecular weight excluding hydrogens is 439 g/mol. The Hall–Kier alpha value is -1.83. The second-order valence-corrected chi connectivity index (χ2v) is 11.5. The minimum Gasteiger partial charge on any atom is -0.392 e. The number of benzene rings is 1. The number of rotatable bonds is 3. The highest BCUT2D eigenvalue weighted by Crippen LogP contribution is 2.57. The van der Waals surface area contributed by atoms with Gasteiger partial charge in [-0.25, -0.2) is 9.37 Å². The lowest BCUT2D eigenvalue weighted by Crippen LogP contribution is -2.54. The van der Waals surface area contributed by atoms with Crippen molar-refractivity contribution in [2.45, 2.75) is 52.1 Å². The van der Waals surface area contributed by atoms with E-state index >= 15 is 0 Å². The van der Waals surface area contributed by atoms with Gasteiger partial charge >= 0.3 is 0 Å². The quantitative estimate of drug-likeness (QED) is 0.715. The predicted molar refractivity (Wildman–Crippen MR) is 127 cm³/mol. The summed E-state index contributed by atoms with van der Waals surface area (Å²) in [7, 11) is 0. The number of carbonyl (C=O) groups is 1. The zero-order valence-corrected chi connectivity index (χ0v) is 20.4. The fraction of sp³-hybridized carbons (Fsp3) is 0.615. The van der Waals surface area contributed by atoms with Gasteiger partial charge in [0.25, 0.3) is 0 Å². The van der Waals surface area contributed by atoms with E-state index in [-0.39, 0.29) is 40.8 Å². The van der Waals surface area contributed by atoms with Gasteiger partial charge in [-0.15, -0.1) is 11.3 Å². The Morgan fingerprint density at radius 2 is 2.00 bits per heavy atom. The van der Waals surface area contributed by atoms with Crippen LogP contribution in [0.15, 0.2) is 24.3 Å². The molecule has 1 N–H and O–H groups in total. The Bertz CT molecular complexity index is 1020. The van der Waals surface area contributed by atoms with Crippen LogP contribution in [-0.4, -0.2) is 53.3 Å². The van der Waals surface area contributed by atoms with Crippen molar-refractivity contribution in [3.05, 3.63) is 40.7 Å². The van der Waals surface area contributed by atoms with Crippen molar-refractivity contribution >= 4 is 17.2 Å². The van der Waals surface area contributed by atoms with Gasteiger partial charge < -0.3 is 14.7 Å². The van der Waals surface area contributed by atoms with Crippen molar-refractivity contribution in [3.8, 4) is 10.6 Å². The lowest BCUT2D eigenvalue weighted by molar-refractivity contribution is -0.148. The number of carbonyl (C=O) groups excluding carboxylic acids is 1. The van der Waals surface area contributed by atoms with E-state index in [1.807, 2.05) is 11.8 Å². The van der Waals surface area contributed by atoms with Gasteiger partial charge in [0, 0.05) is 35.4 Å². The standard InChI is InChI=1S/C26H33FN2O3S/c1-15(25(31)29-10-12-32-13-11-29)19-8-9-26(3)14-20-22(16(2)21(26)23(19)30)28-24(33-20)17-4-6-18(27)7-5-17/h4-7,15-16,19,21,23,30H,8-14H2,1-3H3. The highest BCUT2D eigenvalue weighted by atomic mass is 32.1. The van der Waals surface area contributed by atoms with E-state index in [0.29, 0.717) is 26.3 Å². The number of hydrogen-bond acceptors (Lipinski definition) is 5. The van der Waals surface area contributed by atoms with Crippen molar-refractivity contribution in [1.29, 1.82) is 0 Å². The van der Waals surface area contributed by atoms with Crippen LogP contribution in [0.5, 0.6) is 0 Å². The van der Waals surface area contributed by atoms with Crippen LogP contribution in [0.4, 0.5) is 4.39 Å². The number of thiazole rings is 1. The molecule has 6 unspecified atom stereocenters. The van der Waals surface area contributed by atoms with Crippen molar-refractivity contribution in [3.63, 3.8) is 0 Å². The third-order valence-electron chi connectivity index (χ3n) is 8.37. The fourth-order valence-corrected chi connectivity index (χ4v) is 7.89. The van der Waals surface area contributed by atoms with Gasteiger partial charge in [-0.3, -0.25) is 4.79 Å². The number of ether oxygens (including phenoxy) is 1. The summed E-state index contributed by atoms with van der Waals surface area (Å²) in [6.45, 7) is 8.91. The molecule has 1 aromatic carbocycles. The maximum Gasteiger partial charge on any atom is 0.225 e. The van der Waals surface area contributed by atoms with E-state index in [1.165, 1.54) is 17.0 Å². The molecule has 7 heteroatoms. The van der Waals surface area contributed by atoms with Crippen LogP contribution in [0.1, 0.15) is 50.1 Å². The molecule has 33 heavy (non-hydrogen) atoms. The van der Waals surface area contributed by atoms with Gasteiger partial charge in [0.05, 0.1) is 25.0 Å². The minimum absolute atomic E-state index is 0.0172. The number of amides is 1. The molecule has 0 spiro atoms. The summed E-state index contributed by atoms with van der Waals surface area (Å²) in [5.41, 5.74) is 1.98. The van der Waals surface area contributed by atoms with Crippen molar-refractivity contribution in [2.24, 2.45) is 23.2 Å². The van der Waals surface area contributed by atoms with E-state index in [0.717, 1.165) is 35.5 Å². The second-order valence-electron chi connectivity index (χ2n) is 10.4. The van der Waals surface area contributed by atoms with E-state index in [9.17, 15) is 14.3 Å². The number of halogens is 1. The lowest BCUT2D eigenvalue weighted by atomic mass is 9.53. The van der Waals surface area contributed by atoms with Gasteiger partial charge in [0.15, 0.2) is 0 Å². The van der Waals surface area contributed by atoms with Crippen LogP contribution in [-0.2, 0) is 16.0 Å². The Morgan fingerprint density at radius 3 is 2.70 bits per heavy atom. The summed E-state index contributed by atoms with van der Waals surface area (Å²) in [6.07, 6.45) is 2.21. The van der Waals surface area contributed by atoms with Crippen LogP contribution in [0.2, 0.25) is 0 Å². The van der Waals surface area contributed by atoms with Crippen LogP contribution in [0.3, 0.4) is 0 Å². The van der Waals surface area contributed by atoms with Gasteiger partial charge in [-0.2, -0.15) is 0 Å². The predicted octanol–water partition coefficient (Wildman–Crippen LogP) is 4.50. The topological polar surface area (TPSA) is 62.7 Å². The first-order chi connectivity index (χ1) is 15.8. The first-order valence-corrected chi connectivity index (χ1v) is 12.9. The van der Waals surface area contributed by atoms with Crippen molar-refractivity contribution < 1.29 is 19.0 Å². The molecule has 5 nitrogen and oxygen atoms in total. The van der Waals surface area contributed by atoms with Crippen LogP contribution in [0.25, 0.3) is 10.6 Å². The van der Waals surface area contributed by atoms with Crippen molar-refractivity contribution in [1.82, 2.24) is 9.88 Å². The highest BCUT2D eigenvalue weighted by molar-refractivity contribution is 7.15. The molecule has 178 valence electrons. The molecule has 1 aromatic heterocycles. The molecule has 2 aliphatic carbocycles. The molecule has 5 rings (SSSR count). The van der Waals surface area contributed by atoms with Gasteiger partial charge in [-0.05, 0) is 60.8 Å². The average Bonchev–Trinajstić information content (AvgIpc) is 3.23. The minimum atomic E-state index is -0.539. The second kappa shape index (κ2) is 8.75. The molecule has 2 aromatic rings. The number of morpholine rings is 1. The molecular formula is C26H33FN2O3S. The normalized spacial score (nSPS) is 32.7. The maximum absolute atomic E-state index is 13.4. The van der Waals surface area contributed by atoms with Crippen molar-refractivity contribution in [2.75, 3.05) is 26.3 Å². The van der Waals surface area contributed by atoms with E-state index < -0.39 is 6.10 Å². The molecule has 2 heterocycles. The largest absolute Gasteiger partial charge is 0.392 e. The van der Waals surface area contributed by atoms with Gasteiger partial charge in [0.2, 0.25) is 5.91 Å². The first kappa shape index (κ1) is 22.9. The molecule has 6 atom stereocenters. The summed E-state index contributed by atoms with van der Waals surface area (Å²) < 4.78 is 18.8. The van der Waals surface area contributed by atoms with Crippen LogP contribution < -0.4 is 0 Å². The molecule has 1 aliphatic heterocycles. The number of aromatic nitrogens is 1. The zero-order valence-electron chi connectivity index (χ0n) is 19.6. The number of aliphatic hydroxyl groups excluding tert-OH is 1. The molecule has 1 amide bonds. The number of hydrogen-bond donors (Lipinski definition) is 1. The number of fused-ring (bicyclic) bond motifs is 2. The molecule has 3 aliphatic rings. The molecule has 2 fully saturated rings. The van der Waals surface area contributed by atoms with Crippen LogP contribution >= 0.6 is 11.3 Å². The average molecular weight is 473 g/mol. The summed E-state index contributed by atoms with van der Waals surface area (Å²) in [5.74, 6) is -0.192. The number of aliphatic hydroxyl groups is 1. The van der Waals surface area contributed by atoms with Crippen LogP contribution in [0, 0.1) is 29.0 Å². The van der Waals surface area contributed by atoms with E-state index in [2.05, 4.69) is 13.8 Å². The molecule has 0 radical (unpaired) electrons. The Labute approximate surface area is 199 Å². The molecule has 0 bridgehead atoms. The van der Waals surface area contributed by atoms with Gasteiger partial charge in [-0.1, -0.05) is 20.8 Å². The fourth-order valence-electron chi connectivity index (χ4n) is 6.52. The third kappa shape index (κ3) is 4.02. The van der Waals surface area contributed by atoms with E-state index in [1.54, 1.807) is 23.5 Å². The SMILES string of the molecule is CC(C(=O)N1CCOCC1)C1CCC2(C)Cc3sc(-c4ccc(F)cc4)nc3C(C)C2C1O.